The molecule has 0 spiro atoms. The van der Waals surface area contributed by atoms with E-state index in [1.807, 2.05) is 0 Å². The van der Waals surface area contributed by atoms with Crippen molar-refractivity contribution in [3.63, 3.8) is 0 Å². The first kappa shape index (κ1) is 24.0. The molecule has 0 radical (unpaired) electrons. The number of nitrogens with zero attached hydrogens (tertiary/aromatic N) is 1. The summed E-state index contributed by atoms with van der Waals surface area (Å²) in [5, 5.41) is 10.4. The minimum Gasteiger partial charge on any atom is -0.309 e. The molecule has 1 heterocycles. The Morgan fingerprint density at radius 1 is 0.302 bits per heavy atom. The van der Waals surface area contributed by atoms with Crippen molar-refractivity contribution < 1.29 is 0 Å². The Morgan fingerprint density at radius 2 is 0.814 bits per heavy atom. The molecule has 0 saturated carbocycles. The Morgan fingerprint density at radius 3 is 1.51 bits per heavy atom. The molecule has 0 saturated heterocycles. The maximum atomic E-state index is 2.41. The van der Waals surface area contributed by atoms with Gasteiger partial charge in [0.25, 0.3) is 0 Å². The molecule has 0 unspecified atom stereocenters. The van der Waals surface area contributed by atoms with E-state index in [0.717, 1.165) is 0 Å². The average Bonchev–Trinajstić information content (AvgIpc) is 3.43. The Bertz CT molecular complexity index is 2450. The second-order valence-corrected chi connectivity index (χ2v) is 11.3. The van der Waals surface area contributed by atoms with Gasteiger partial charge in [-0.15, -0.1) is 0 Å². The van der Waals surface area contributed by atoms with Gasteiger partial charge < -0.3 is 4.57 Å². The fraction of sp³-hybridized carbons (Fsp3) is 0. The first-order valence-corrected chi connectivity index (χ1v) is 14.9. The Balaban J connectivity index is 1.29. The smallest absolute Gasteiger partial charge is 0.0547 e. The third-order valence-electron chi connectivity index (χ3n) is 8.99. The Labute approximate surface area is 249 Å². The van der Waals surface area contributed by atoms with E-state index in [-0.39, 0.29) is 0 Å². The number of rotatable bonds is 3. The lowest BCUT2D eigenvalue weighted by Crippen LogP contribution is -1.93. The molecule has 43 heavy (non-hydrogen) atoms. The fourth-order valence-electron chi connectivity index (χ4n) is 7.05. The van der Waals surface area contributed by atoms with Gasteiger partial charge in [0, 0.05) is 16.5 Å². The molecule has 0 fully saturated rings. The minimum atomic E-state index is 1.17. The van der Waals surface area contributed by atoms with Crippen LogP contribution < -0.4 is 0 Å². The number of para-hydroxylation sites is 1. The Hall–Kier alpha value is -5.66. The third-order valence-corrected chi connectivity index (χ3v) is 8.99. The van der Waals surface area contributed by atoms with E-state index in [2.05, 4.69) is 168 Å². The molecule has 200 valence electrons. The summed E-state index contributed by atoms with van der Waals surface area (Å²) in [7, 11) is 0. The van der Waals surface area contributed by atoms with Gasteiger partial charge in [-0.2, -0.15) is 0 Å². The van der Waals surface area contributed by atoms with Crippen molar-refractivity contribution in [1.82, 2.24) is 4.57 Å². The van der Waals surface area contributed by atoms with E-state index in [0.29, 0.717) is 0 Å². The highest BCUT2D eigenvalue weighted by molar-refractivity contribution is 6.26. The molecule has 0 amide bonds. The quantitative estimate of drug-likeness (QED) is 0.195. The molecule has 0 aliphatic carbocycles. The molecule has 0 aliphatic heterocycles. The van der Waals surface area contributed by atoms with Crippen LogP contribution in [0.5, 0.6) is 0 Å². The molecule has 0 N–H and O–H groups in total. The number of benzene rings is 8. The first-order chi connectivity index (χ1) is 21.3. The van der Waals surface area contributed by atoms with Gasteiger partial charge in [0.15, 0.2) is 0 Å². The monoisotopic (exact) mass is 545 g/mol. The molecular weight excluding hydrogens is 518 g/mol. The SMILES string of the molecule is c1ccc(-c2ccc(-n3c4ccccc4c4c(-c5ccc6c7ccccc7c7ccccc7c6c5)cccc43)cc2)cc1. The summed E-state index contributed by atoms with van der Waals surface area (Å²) in [5.74, 6) is 0. The van der Waals surface area contributed by atoms with Crippen LogP contribution in [-0.2, 0) is 0 Å². The normalized spacial score (nSPS) is 11.7. The zero-order valence-corrected chi connectivity index (χ0v) is 23.5. The van der Waals surface area contributed by atoms with E-state index >= 15 is 0 Å². The van der Waals surface area contributed by atoms with Crippen LogP contribution in [0, 0.1) is 0 Å². The average molecular weight is 546 g/mol. The summed E-state index contributed by atoms with van der Waals surface area (Å²) in [4.78, 5) is 0. The lowest BCUT2D eigenvalue weighted by Gasteiger charge is -2.13. The van der Waals surface area contributed by atoms with E-state index in [1.165, 1.54) is 82.1 Å². The van der Waals surface area contributed by atoms with Crippen LogP contribution >= 0.6 is 0 Å². The van der Waals surface area contributed by atoms with Gasteiger partial charge >= 0.3 is 0 Å². The van der Waals surface area contributed by atoms with Gasteiger partial charge in [0.2, 0.25) is 0 Å². The summed E-state index contributed by atoms with van der Waals surface area (Å²) < 4.78 is 2.41. The van der Waals surface area contributed by atoms with Gasteiger partial charge in [0.05, 0.1) is 11.0 Å². The first-order valence-electron chi connectivity index (χ1n) is 14.9. The summed E-state index contributed by atoms with van der Waals surface area (Å²) in [6.45, 7) is 0. The summed E-state index contributed by atoms with van der Waals surface area (Å²) >= 11 is 0. The Kier molecular flexibility index (Phi) is 5.27. The van der Waals surface area contributed by atoms with Crippen LogP contribution in [0.2, 0.25) is 0 Å². The molecule has 0 aliphatic rings. The molecule has 0 bridgehead atoms. The second-order valence-electron chi connectivity index (χ2n) is 11.3. The maximum Gasteiger partial charge on any atom is 0.0547 e. The molecule has 9 aromatic rings. The fourth-order valence-corrected chi connectivity index (χ4v) is 7.05. The highest BCUT2D eigenvalue weighted by atomic mass is 15.0. The van der Waals surface area contributed by atoms with Crippen molar-refractivity contribution in [2.24, 2.45) is 0 Å². The molecule has 1 nitrogen and oxygen atoms in total. The number of hydrogen-bond acceptors (Lipinski definition) is 0. The second kappa shape index (κ2) is 9.44. The lowest BCUT2D eigenvalue weighted by atomic mass is 9.91. The van der Waals surface area contributed by atoms with Crippen LogP contribution in [0.3, 0.4) is 0 Å². The van der Waals surface area contributed by atoms with Gasteiger partial charge in [-0.05, 0) is 84.9 Å². The highest BCUT2D eigenvalue weighted by Gasteiger charge is 2.17. The van der Waals surface area contributed by atoms with E-state index in [9.17, 15) is 0 Å². The van der Waals surface area contributed by atoms with E-state index in [4.69, 9.17) is 0 Å². The van der Waals surface area contributed by atoms with Crippen LogP contribution in [-0.4, -0.2) is 4.57 Å². The van der Waals surface area contributed by atoms with Crippen molar-refractivity contribution in [3.05, 3.63) is 164 Å². The molecule has 1 aromatic heterocycles. The van der Waals surface area contributed by atoms with Crippen molar-refractivity contribution in [1.29, 1.82) is 0 Å². The molecule has 9 rings (SSSR count). The third kappa shape index (κ3) is 3.65. The number of hydrogen-bond donors (Lipinski definition) is 0. The number of aromatic nitrogens is 1. The highest BCUT2D eigenvalue weighted by Crippen LogP contribution is 2.41. The van der Waals surface area contributed by atoms with E-state index < -0.39 is 0 Å². The van der Waals surface area contributed by atoms with Crippen molar-refractivity contribution in [3.8, 4) is 27.9 Å². The predicted octanol–water partition coefficient (Wildman–Crippen LogP) is 11.6. The topological polar surface area (TPSA) is 4.93 Å². The van der Waals surface area contributed by atoms with Crippen molar-refractivity contribution in [2.45, 2.75) is 0 Å². The number of fused-ring (bicyclic) bond motifs is 9. The van der Waals surface area contributed by atoms with Crippen LogP contribution in [0.4, 0.5) is 0 Å². The van der Waals surface area contributed by atoms with Crippen molar-refractivity contribution >= 4 is 54.1 Å². The van der Waals surface area contributed by atoms with Gasteiger partial charge in [-0.3, -0.25) is 0 Å². The summed E-state index contributed by atoms with van der Waals surface area (Å²) in [6, 6.07) is 59.7. The predicted molar refractivity (Wildman–Crippen MR) is 184 cm³/mol. The van der Waals surface area contributed by atoms with Crippen molar-refractivity contribution in [2.75, 3.05) is 0 Å². The molecule has 0 atom stereocenters. The summed E-state index contributed by atoms with van der Waals surface area (Å²) in [5.41, 5.74) is 8.55. The maximum absolute atomic E-state index is 2.41. The van der Waals surface area contributed by atoms with Crippen LogP contribution in [0.15, 0.2) is 164 Å². The largest absolute Gasteiger partial charge is 0.309 e. The minimum absolute atomic E-state index is 1.17. The summed E-state index contributed by atoms with van der Waals surface area (Å²) in [6.07, 6.45) is 0. The zero-order chi connectivity index (χ0) is 28.3. The van der Waals surface area contributed by atoms with Crippen LogP contribution in [0.1, 0.15) is 0 Å². The van der Waals surface area contributed by atoms with Gasteiger partial charge in [0.1, 0.15) is 0 Å². The zero-order valence-electron chi connectivity index (χ0n) is 23.5. The van der Waals surface area contributed by atoms with Crippen LogP contribution in [0.25, 0.3) is 82.1 Å². The van der Waals surface area contributed by atoms with E-state index in [1.54, 1.807) is 0 Å². The standard InChI is InChI=1S/C42H27N/c1-2-11-28(12-3-1)29-21-24-31(25-22-29)43-40-19-9-8-17-38(40)42-32(18-10-20-41(42)43)30-23-26-37-35-15-5-4-13-33(35)34-14-6-7-16-36(34)39(37)27-30/h1-27H. The molecule has 8 aromatic carbocycles. The van der Waals surface area contributed by atoms with Gasteiger partial charge in [-0.1, -0.05) is 133 Å². The lowest BCUT2D eigenvalue weighted by molar-refractivity contribution is 1.18. The van der Waals surface area contributed by atoms with Gasteiger partial charge in [-0.25, -0.2) is 0 Å². The molecule has 1 heteroatoms. The molecular formula is C42H27N.